The lowest BCUT2D eigenvalue weighted by molar-refractivity contribution is 0.0948. The van der Waals surface area contributed by atoms with Gasteiger partial charge in [-0.3, -0.25) is 14.2 Å². The Balaban J connectivity index is 1.87. The number of nitrogens with two attached hydrogens (primary N) is 1. The number of carbonyl (C=O) groups is 1. The Morgan fingerprint density at radius 1 is 1.28 bits per heavy atom. The van der Waals surface area contributed by atoms with Crippen LogP contribution in [0, 0.1) is 16.3 Å². The van der Waals surface area contributed by atoms with E-state index in [2.05, 4.69) is 15.0 Å². The number of pyridine rings is 1. The maximum atomic E-state index is 14.7. The molecule has 1 unspecified atom stereocenters. The molecule has 0 aliphatic heterocycles. The minimum Gasteiger partial charge on any atom is -0.456 e. The van der Waals surface area contributed by atoms with E-state index in [9.17, 15) is 18.2 Å². The van der Waals surface area contributed by atoms with E-state index in [1.54, 1.807) is 31.2 Å². The summed E-state index contributed by atoms with van der Waals surface area (Å²) >= 11 is 1.99. The molecule has 1 amide bonds. The first-order valence-electron chi connectivity index (χ1n) is 11.0. The molecule has 0 radical (unpaired) electrons. The molecule has 0 saturated heterocycles. The fourth-order valence-electron chi connectivity index (χ4n) is 3.53. The third-order valence-electron chi connectivity index (χ3n) is 5.41. The average Bonchev–Trinajstić information content (AvgIpc) is 3.60. The molecule has 4 rings (SSSR count). The van der Waals surface area contributed by atoms with Gasteiger partial charge < -0.3 is 15.4 Å². The first-order chi connectivity index (χ1) is 16.9. The van der Waals surface area contributed by atoms with E-state index in [4.69, 9.17) is 9.88 Å². The SMILES string of the molecule is Cc1c(Oc2cccc(N=S(C)(N)=O)c2)c(C(=O)NC2CC2)c(Nc2ccc(I)cc2F)n(C)c1=O. The Morgan fingerprint density at radius 2 is 2.00 bits per heavy atom. The van der Waals surface area contributed by atoms with Crippen molar-refractivity contribution in [3.8, 4) is 11.5 Å². The van der Waals surface area contributed by atoms with Crippen LogP contribution in [-0.2, 0) is 17.0 Å². The van der Waals surface area contributed by atoms with E-state index in [1.807, 2.05) is 22.6 Å². The van der Waals surface area contributed by atoms with Gasteiger partial charge in [-0.05, 0) is 72.7 Å². The van der Waals surface area contributed by atoms with E-state index in [0.717, 1.165) is 12.8 Å². The van der Waals surface area contributed by atoms with Crippen LogP contribution in [-0.4, -0.2) is 27.0 Å². The zero-order chi connectivity index (χ0) is 26.2. The first kappa shape index (κ1) is 26.1. The Hall–Kier alpha value is -2.97. The number of halogens is 2. The highest BCUT2D eigenvalue weighted by atomic mass is 127. The summed E-state index contributed by atoms with van der Waals surface area (Å²) < 4.78 is 38.6. The number of carbonyl (C=O) groups excluding carboxylic acids is 1. The molecule has 0 spiro atoms. The largest absolute Gasteiger partial charge is 0.456 e. The molecule has 36 heavy (non-hydrogen) atoms. The molecule has 4 N–H and O–H groups in total. The van der Waals surface area contributed by atoms with Crippen LogP contribution in [0.4, 0.5) is 21.6 Å². The molecular formula is C24H25FIN5O4S. The van der Waals surface area contributed by atoms with Gasteiger partial charge in [-0.25, -0.2) is 13.7 Å². The van der Waals surface area contributed by atoms with Gasteiger partial charge in [-0.15, -0.1) is 0 Å². The summed E-state index contributed by atoms with van der Waals surface area (Å²) in [6, 6.07) is 10.9. The second kappa shape index (κ2) is 10.2. The van der Waals surface area contributed by atoms with E-state index >= 15 is 0 Å². The summed E-state index contributed by atoms with van der Waals surface area (Å²) in [5.74, 6) is -0.641. The monoisotopic (exact) mass is 625 g/mol. The van der Waals surface area contributed by atoms with Crippen LogP contribution in [0.3, 0.4) is 0 Å². The topological polar surface area (TPSA) is 128 Å². The van der Waals surface area contributed by atoms with Gasteiger partial charge in [0.1, 0.15) is 32.9 Å². The molecule has 1 saturated carbocycles. The zero-order valence-electron chi connectivity index (χ0n) is 19.8. The molecule has 1 fully saturated rings. The summed E-state index contributed by atoms with van der Waals surface area (Å²) in [7, 11) is -1.41. The van der Waals surface area contributed by atoms with E-state index in [1.165, 1.54) is 36.1 Å². The van der Waals surface area contributed by atoms with Crippen LogP contribution < -0.4 is 26.1 Å². The van der Waals surface area contributed by atoms with Crippen molar-refractivity contribution in [3.63, 3.8) is 0 Å². The van der Waals surface area contributed by atoms with Crippen molar-refractivity contribution in [2.24, 2.45) is 16.5 Å². The third kappa shape index (κ3) is 6.05. The Kier molecular flexibility index (Phi) is 7.38. The van der Waals surface area contributed by atoms with Gasteiger partial charge in [0.2, 0.25) is 0 Å². The molecule has 3 aromatic rings. The smallest absolute Gasteiger partial charge is 0.259 e. The average molecular weight is 625 g/mol. The molecule has 12 heteroatoms. The standard InChI is InChI=1S/C24H25FIN5O4S/c1-13-21(35-17-6-4-5-16(12-17)30-36(3,27)34)20(23(32)28-15-8-9-15)22(31(2)24(13)33)29-19-10-7-14(26)11-18(19)25/h4-7,10-12,15,29H,8-9H2,1-3H3,(H,28,32)(H2,27,30,34). The number of anilines is 2. The van der Waals surface area contributed by atoms with Gasteiger partial charge in [0.05, 0.1) is 16.9 Å². The normalized spacial score (nSPS) is 14.6. The predicted octanol–water partition coefficient (Wildman–Crippen LogP) is 4.47. The van der Waals surface area contributed by atoms with Crippen LogP contribution >= 0.6 is 22.6 Å². The van der Waals surface area contributed by atoms with Crippen molar-refractivity contribution in [2.75, 3.05) is 11.6 Å². The number of amides is 1. The van der Waals surface area contributed by atoms with E-state index < -0.39 is 27.2 Å². The van der Waals surface area contributed by atoms with Crippen LogP contribution in [0.1, 0.15) is 28.8 Å². The zero-order valence-corrected chi connectivity index (χ0v) is 22.8. The number of hydrogen-bond acceptors (Lipinski definition) is 6. The van der Waals surface area contributed by atoms with Gasteiger partial charge in [0.25, 0.3) is 11.5 Å². The molecule has 1 heterocycles. The van der Waals surface area contributed by atoms with Gasteiger partial charge in [0, 0.05) is 29.0 Å². The van der Waals surface area contributed by atoms with Crippen molar-refractivity contribution >= 4 is 55.6 Å². The molecule has 1 aliphatic rings. The number of nitrogens with one attached hydrogen (secondary N) is 2. The minimum atomic E-state index is -2.91. The van der Waals surface area contributed by atoms with Crippen molar-refractivity contribution in [1.82, 2.24) is 9.88 Å². The molecule has 1 aliphatic carbocycles. The lowest BCUT2D eigenvalue weighted by Crippen LogP contribution is -2.31. The van der Waals surface area contributed by atoms with Crippen molar-refractivity contribution < 1.29 is 18.1 Å². The summed E-state index contributed by atoms with van der Waals surface area (Å²) in [5, 5.41) is 11.4. The second-order valence-electron chi connectivity index (χ2n) is 8.59. The van der Waals surface area contributed by atoms with Crippen molar-refractivity contribution in [2.45, 2.75) is 25.8 Å². The fraction of sp³-hybridized carbons (Fsp3) is 0.250. The maximum Gasteiger partial charge on any atom is 0.259 e. The number of rotatable bonds is 7. The Morgan fingerprint density at radius 3 is 2.64 bits per heavy atom. The van der Waals surface area contributed by atoms with Crippen LogP contribution in [0.2, 0.25) is 0 Å². The molecule has 0 bridgehead atoms. The fourth-order valence-corrected chi connectivity index (χ4v) is 4.52. The molecule has 1 atom stereocenters. The van der Waals surface area contributed by atoms with Crippen molar-refractivity contribution in [1.29, 1.82) is 0 Å². The van der Waals surface area contributed by atoms with Crippen LogP contribution in [0.15, 0.2) is 51.6 Å². The summed E-state index contributed by atoms with van der Waals surface area (Å²) in [6.45, 7) is 1.55. The Labute approximate surface area is 221 Å². The molecule has 9 nitrogen and oxygen atoms in total. The number of benzene rings is 2. The van der Waals surface area contributed by atoms with Crippen molar-refractivity contribution in [3.05, 3.63) is 73.3 Å². The number of ether oxygens (including phenoxy) is 1. The molecule has 1 aromatic heterocycles. The van der Waals surface area contributed by atoms with Gasteiger partial charge in [-0.2, -0.15) is 4.36 Å². The second-order valence-corrected chi connectivity index (χ2v) is 11.7. The van der Waals surface area contributed by atoms with Crippen LogP contribution in [0.25, 0.3) is 0 Å². The highest BCUT2D eigenvalue weighted by molar-refractivity contribution is 14.1. The lowest BCUT2D eigenvalue weighted by Gasteiger charge is -2.21. The molecule has 190 valence electrons. The third-order valence-corrected chi connectivity index (χ3v) is 6.66. The lowest BCUT2D eigenvalue weighted by atomic mass is 10.1. The molecule has 2 aromatic carbocycles. The highest BCUT2D eigenvalue weighted by Gasteiger charge is 2.30. The van der Waals surface area contributed by atoms with Gasteiger partial charge in [-0.1, -0.05) is 6.07 Å². The number of aromatic nitrogens is 1. The number of hydrogen-bond donors (Lipinski definition) is 3. The minimum absolute atomic E-state index is 0.0202. The quantitative estimate of drug-likeness (QED) is 0.334. The highest BCUT2D eigenvalue weighted by Crippen LogP contribution is 2.36. The Bertz CT molecular complexity index is 1540. The number of nitrogens with zero attached hydrogens (tertiary/aromatic N) is 2. The van der Waals surface area contributed by atoms with Gasteiger partial charge >= 0.3 is 0 Å². The van der Waals surface area contributed by atoms with E-state index in [-0.39, 0.29) is 40.2 Å². The van der Waals surface area contributed by atoms with E-state index in [0.29, 0.717) is 9.26 Å². The maximum absolute atomic E-state index is 14.7. The van der Waals surface area contributed by atoms with Gasteiger partial charge in [0.15, 0.2) is 5.75 Å². The predicted molar refractivity (Wildman–Crippen MR) is 146 cm³/mol. The summed E-state index contributed by atoms with van der Waals surface area (Å²) in [6.07, 6.45) is 2.99. The first-order valence-corrected chi connectivity index (χ1v) is 14.0. The summed E-state index contributed by atoms with van der Waals surface area (Å²) in [5.41, 5.74) is 0.225. The summed E-state index contributed by atoms with van der Waals surface area (Å²) in [4.78, 5) is 26.5. The molecular weight excluding hydrogens is 600 g/mol. The van der Waals surface area contributed by atoms with Crippen LogP contribution in [0.5, 0.6) is 11.5 Å².